The van der Waals surface area contributed by atoms with Crippen molar-refractivity contribution in [3.05, 3.63) is 48.2 Å². The van der Waals surface area contributed by atoms with Crippen LogP contribution in [0.15, 0.2) is 36.9 Å². The van der Waals surface area contributed by atoms with Crippen molar-refractivity contribution in [1.82, 2.24) is 29.3 Å². The minimum atomic E-state index is -0.284. The molecule has 5 rings (SSSR count). The third kappa shape index (κ3) is 4.69. The number of fused-ring (bicyclic) bond motifs is 1. The number of thiazole rings is 1. The van der Waals surface area contributed by atoms with E-state index in [1.54, 1.807) is 29.2 Å². The first-order valence-electron chi connectivity index (χ1n) is 11.5. The molecule has 1 aliphatic heterocycles. The fraction of sp³-hybridized carbons (Fsp3) is 0.375. The quantitative estimate of drug-likeness (QED) is 0.400. The van der Waals surface area contributed by atoms with Crippen molar-refractivity contribution in [3.8, 4) is 10.6 Å². The van der Waals surface area contributed by atoms with Gasteiger partial charge in [0, 0.05) is 34.9 Å². The topological polar surface area (TPSA) is 109 Å². The molecule has 0 spiro atoms. The Bertz CT molecular complexity index is 1420. The predicted octanol–water partition coefficient (Wildman–Crippen LogP) is 4.01. The molecule has 35 heavy (non-hydrogen) atoms. The zero-order valence-electron chi connectivity index (χ0n) is 20.2. The summed E-state index contributed by atoms with van der Waals surface area (Å²) in [5, 5.41) is 14.5. The number of rotatable bonds is 7. The maximum Gasteiger partial charge on any atom is 0.260 e. The lowest BCUT2D eigenvalue weighted by molar-refractivity contribution is -0.120. The molecule has 0 aromatic carbocycles. The highest BCUT2D eigenvalue weighted by Crippen LogP contribution is 2.31. The summed E-state index contributed by atoms with van der Waals surface area (Å²) in [7, 11) is 0. The van der Waals surface area contributed by atoms with Gasteiger partial charge in [-0.05, 0) is 31.4 Å². The molecule has 0 radical (unpaired) electrons. The number of aryl methyl sites for hydroxylation is 2. The van der Waals surface area contributed by atoms with E-state index in [1.807, 2.05) is 30.8 Å². The maximum atomic E-state index is 13.1. The molecular weight excluding hydrogens is 464 g/mol. The first-order chi connectivity index (χ1) is 16.7. The molecule has 2 N–H and O–H groups in total. The van der Waals surface area contributed by atoms with Gasteiger partial charge in [0.25, 0.3) is 5.91 Å². The summed E-state index contributed by atoms with van der Waals surface area (Å²) < 4.78 is 3.61. The molecule has 0 saturated carbocycles. The van der Waals surface area contributed by atoms with Crippen LogP contribution in [0.25, 0.3) is 15.4 Å². The van der Waals surface area contributed by atoms with Crippen LogP contribution in [0.1, 0.15) is 39.7 Å². The molecule has 1 fully saturated rings. The Morgan fingerprint density at radius 3 is 2.74 bits per heavy atom. The molecule has 10 nitrogen and oxygen atoms in total. The number of nitrogens with one attached hydrogen (secondary N) is 2. The maximum absolute atomic E-state index is 13.1. The van der Waals surface area contributed by atoms with E-state index in [-0.39, 0.29) is 20.1 Å². The molecule has 0 atom stereocenters. The summed E-state index contributed by atoms with van der Waals surface area (Å²) in [6.07, 6.45) is 6.83. The summed E-state index contributed by atoms with van der Waals surface area (Å²) >= 11 is 1.49. The van der Waals surface area contributed by atoms with Crippen LogP contribution in [0.5, 0.6) is 0 Å². The number of anilines is 2. The Morgan fingerprint density at radius 2 is 2.00 bits per heavy atom. The minimum absolute atomic E-state index is 0. The van der Waals surface area contributed by atoms with Gasteiger partial charge in [0.1, 0.15) is 4.83 Å². The van der Waals surface area contributed by atoms with Crippen molar-refractivity contribution in [2.45, 2.75) is 34.2 Å². The van der Waals surface area contributed by atoms with Gasteiger partial charge in [0.05, 0.1) is 52.1 Å². The Kier molecular flexibility index (Phi) is 5.89. The van der Waals surface area contributed by atoms with E-state index in [0.717, 1.165) is 35.0 Å². The number of hydrogen-bond donors (Lipinski definition) is 2. The van der Waals surface area contributed by atoms with Crippen LogP contribution >= 0.6 is 11.3 Å². The van der Waals surface area contributed by atoms with Crippen LogP contribution in [0.4, 0.5) is 11.4 Å². The number of hydrogen-bond acceptors (Lipinski definition) is 7. The lowest BCUT2D eigenvalue weighted by Crippen LogP contribution is -2.54. The Hall–Kier alpha value is -3.57. The number of aromatic nitrogens is 5. The van der Waals surface area contributed by atoms with E-state index in [4.69, 9.17) is 0 Å². The van der Waals surface area contributed by atoms with E-state index in [2.05, 4.69) is 44.6 Å². The predicted molar refractivity (Wildman–Crippen MR) is 140 cm³/mol. The molecule has 186 valence electrons. The van der Waals surface area contributed by atoms with Crippen LogP contribution in [0, 0.1) is 12.3 Å². The average molecular weight is 497 g/mol. The van der Waals surface area contributed by atoms with Crippen molar-refractivity contribution in [2.24, 2.45) is 5.41 Å². The van der Waals surface area contributed by atoms with Gasteiger partial charge in [0.2, 0.25) is 5.91 Å². The molecule has 0 unspecified atom stereocenters. The average Bonchev–Trinajstić information content (AvgIpc) is 3.49. The molecule has 4 aromatic heterocycles. The van der Waals surface area contributed by atoms with Crippen LogP contribution < -0.4 is 10.6 Å². The summed E-state index contributed by atoms with van der Waals surface area (Å²) in [5.41, 5.74) is 3.46. The Labute approximate surface area is 209 Å². The molecular formula is C24H32N8O2S. The van der Waals surface area contributed by atoms with Crippen molar-refractivity contribution < 1.29 is 12.4 Å². The van der Waals surface area contributed by atoms with Gasteiger partial charge in [-0.15, -0.1) is 11.3 Å². The number of likely N-dealkylation sites (tertiary alicyclic amines) is 1. The molecule has 5 heterocycles. The molecule has 0 bridgehead atoms. The van der Waals surface area contributed by atoms with E-state index in [0.29, 0.717) is 29.2 Å². The second-order valence-electron chi connectivity index (χ2n) is 9.60. The smallest absolute Gasteiger partial charge is 0.260 e. The number of nitrogens with zero attached hydrogens (tertiary/aromatic N) is 6. The van der Waals surface area contributed by atoms with Crippen LogP contribution in [0.2, 0.25) is 0 Å². The first-order valence-corrected chi connectivity index (χ1v) is 12.3. The van der Waals surface area contributed by atoms with Crippen molar-refractivity contribution in [2.75, 3.05) is 30.3 Å². The van der Waals surface area contributed by atoms with Crippen molar-refractivity contribution >= 4 is 39.4 Å². The van der Waals surface area contributed by atoms with Gasteiger partial charge >= 0.3 is 0 Å². The summed E-state index contributed by atoms with van der Waals surface area (Å²) in [5.74, 6) is -0.382. The third-order valence-corrected chi connectivity index (χ3v) is 7.13. The zero-order chi connectivity index (χ0) is 24.7. The highest BCUT2D eigenvalue weighted by Gasteiger charge is 2.34. The van der Waals surface area contributed by atoms with E-state index in [9.17, 15) is 9.59 Å². The van der Waals surface area contributed by atoms with E-state index >= 15 is 0 Å². The second kappa shape index (κ2) is 8.90. The van der Waals surface area contributed by atoms with Crippen LogP contribution in [0.3, 0.4) is 0 Å². The van der Waals surface area contributed by atoms with Gasteiger partial charge in [-0.2, -0.15) is 10.2 Å². The molecule has 4 aromatic rings. The largest absolute Gasteiger partial charge is 0.324 e. The van der Waals surface area contributed by atoms with Crippen molar-refractivity contribution in [1.29, 1.82) is 0 Å². The fourth-order valence-electron chi connectivity index (χ4n) is 4.45. The van der Waals surface area contributed by atoms with Crippen molar-refractivity contribution in [3.63, 3.8) is 0 Å². The monoisotopic (exact) mass is 496 g/mol. The minimum Gasteiger partial charge on any atom is -0.324 e. The lowest BCUT2D eigenvalue weighted by Gasteiger charge is -2.45. The molecule has 11 heteroatoms. The SMILES string of the molecule is CCn1nccc1-c1cn2ncc(C(=O)Nc3cc(NC(=O)CN4CC(C)(C)C4)cnc3C)c2s1.[HH].[HH]. The fourth-order valence-corrected chi connectivity index (χ4v) is 5.54. The number of carbonyl (C=O) groups is 2. The van der Waals surface area contributed by atoms with Gasteiger partial charge < -0.3 is 10.6 Å². The van der Waals surface area contributed by atoms with Gasteiger partial charge in [-0.1, -0.05) is 13.8 Å². The van der Waals surface area contributed by atoms with E-state index < -0.39 is 0 Å². The lowest BCUT2D eigenvalue weighted by atomic mass is 9.84. The first kappa shape index (κ1) is 23.2. The summed E-state index contributed by atoms with van der Waals surface area (Å²) in [6, 6.07) is 3.69. The van der Waals surface area contributed by atoms with E-state index in [1.165, 1.54) is 11.3 Å². The molecule has 2 amide bonds. The highest BCUT2D eigenvalue weighted by atomic mass is 32.1. The molecule has 0 aliphatic carbocycles. The van der Waals surface area contributed by atoms with Gasteiger partial charge in [-0.25, -0.2) is 4.52 Å². The summed E-state index contributed by atoms with van der Waals surface area (Å²) in [4.78, 5) is 33.8. The van der Waals surface area contributed by atoms with Crippen LogP contribution in [-0.2, 0) is 11.3 Å². The standard InChI is InChI=1S/C24H28N8O2S.2H2/c1-5-31-19(6-7-26-31)20-11-32-23(35-20)17(10-27-32)22(34)29-18-8-16(9-25-15(18)2)28-21(33)12-30-13-24(3,4)14-30;;/h6-11H,5,12-14H2,1-4H3,(H,28,33)(H,29,34);2*1H. The zero-order valence-corrected chi connectivity index (χ0v) is 21.0. The highest BCUT2D eigenvalue weighted by molar-refractivity contribution is 7.21. The van der Waals surface area contributed by atoms with Gasteiger partial charge in [0.15, 0.2) is 0 Å². The number of carbonyl (C=O) groups excluding carboxylic acids is 2. The number of amides is 2. The third-order valence-electron chi connectivity index (χ3n) is 6.00. The Balaban J connectivity index is 0.00000190. The second-order valence-corrected chi connectivity index (χ2v) is 10.6. The Morgan fingerprint density at radius 1 is 1.20 bits per heavy atom. The normalized spacial score (nSPS) is 15.2. The van der Waals surface area contributed by atoms with Crippen LogP contribution in [-0.4, -0.2) is 60.7 Å². The number of pyridine rings is 1. The molecule has 1 aliphatic rings. The van der Waals surface area contributed by atoms with Gasteiger partial charge in [-0.3, -0.25) is 24.2 Å². The summed E-state index contributed by atoms with van der Waals surface area (Å²) in [6.45, 7) is 11.1. The molecule has 1 saturated heterocycles.